The molecule has 0 aliphatic heterocycles. The number of halogens is 2. The highest BCUT2D eigenvalue weighted by molar-refractivity contribution is 14.1. The lowest BCUT2D eigenvalue weighted by molar-refractivity contribution is -0.145. The second-order valence-electron chi connectivity index (χ2n) is 7.56. The van der Waals surface area contributed by atoms with Crippen LogP contribution in [0, 0.1) is 9.49 Å². The lowest BCUT2D eigenvalue weighted by atomic mass is 10.0. The Kier molecular flexibility index (Phi) is 11.3. The molecule has 1 atom stereocenters. The van der Waals surface area contributed by atoms with Crippen molar-refractivity contribution in [2.45, 2.75) is 26.8 Å². The van der Waals surface area contributed by atoms with E-state index < -0.39 is 23.8 Å². The molecule has 0 spiro atoms. The Morgan fingerprint density at radius 1 is 1.17 bits per heavy atom. The first kappa shape index (κ1) is 28.4. The summed E-state index contributed by atoms with van der Waals surface area (Å²) in [6.45, 7) is 5.37. The van der Waals surface area contributed by atoms with Gasteiger partial charge in [-0.15, -0.1) is 0 Å². The molecule has 0 saturated heterocycles. The Labute approximate surface area is 222 Å². The summed E-state index contributed by atoms with van der Waals surface area (Å²) in [6, 6.07) is 8.98. The van der Waals surface area contributed by atoms with Crippen LogP contribution in [0.15, 0.2) is 41.5 Å². The normalized spacial score (nSPS) is 11.7. The number of benzene rings is 2. The number of hydrazone groups is 1. The number of esters is 1. The molecule has 0 radical (unpaired) electrons. The highest BCUT2D eigenvalue weighted by atomic mass is 127. The van der Waals surface area contributed by atoms with E-state index in [1.807, 2.05) is 36.4 Å². The van der Waals surface area contributed by atoms with Crippen LogP contribution >= 0.6 is 34.2 Å². The zero-order valence-corrected chi connectivity index (χ0v) is 22.7. The van der Waals surface area contributed by atoms with Crippen molar-refractivity contribution in [2.24, 2.45) is 11.0 Å². The Balaban J connectivity index is 2.06. The van der Waals surface area contributed by atoms with E-state index in [4.69, 9.17) is 25.8 Å². The fraction of sp³-hybridized carbons (Fsp3) is 0.333. The summed E-state index contributed by atoms with van der Waals surface area (Å²) in [6.07, 6.45) is 1.44. The van der Waals surface area contributed by atoms with E-state index in [0.717, 1.165) is 0 Å². The number of hydrogen-bond acceptors (Lipinski definition) is 7. The molecule has 188 valence electrons. The second kappa shape index (κ2) is 13.9. The predicted octanol–water partition coefficient (Wildman–Crippen LogP) is 3.80. The maximum absolute atomic E-state index is 12.7. The number of carbonyl (C=O) groups excluding carboxylic acids is 3. The van der Waals surface area contributed by atoms with E-state index in [-0.39, 0.29) is 19.1 Å². The summed E-state index contributed by atoms with van der Waals surface area (Å²) in [4.78, 5) is 36.8. The molecule has 0 saturated carbocycles. The van der Waals surface area contributed by atoms with Crippen molar-refractivity contribution in [3.63, 3.8) is 0 Å². The standard InChI is InChI=1S/C24H27ClIN3O6/c1-5-34-20(30)13-35-22-18(26)10-15(11-19(22)33-4)12-27-29-24(32)21(14(2)3)28-23(31)16-6-8-17(25)9-7-16/h6-12,14,21H,5,13H2,1-4H3,(H,28,31)(H,29,32). The van der Waals surface area contributed by atoms with Gasteiger partial charge in [-0.05, 0) is 77.4 Å². The predicted molar refractivity (Wildman–Crippen MR) is 141 cm³/mol. The number of methoxy groups -OCH3 is 1. The Morgan fingerprint density at radius 2 is 1.86 bits per heavy atom. The monoisotopic (exact) mass is 615 g/mol. The van der Waals surface area contributed by atoms with Crippen molar-refractivity contribution in [3.05, 3.63) is 56.1 Å². The summed E-state index contributed by atoms with van der Waals surface area (Å²) in [5, 5.41) is 7.25. The van der Waals surface area contributed by atoms with Crippen LogP contribution in [0.5, 0.6) is 11.5 Å². The fourth-order valence-corrected chi connectivity index (χ4v) is 3.80. The number of nitrogens with zero attached hydrogens (tertiary/aromatic N) is 1. The molecule has 0 aromatic heterocycles. The summed E-state index contributed by atoms with van der Waals surface area (Å²) < 4.78 is 16.4. The van der Waals surface area contributed by atoms with Gasteiger partial charge in [0.25, 0.3) is 11.8 Å². The van der Waals surface area contributed by atoms with Gasteiger partial charge in [-0.3, -0.25) is 9.59 Å². The van der Waals surface area contributed by atoms with E-state index in [1.165, 1.54) is 13.3 Å². The van der Waals surface area contributed by atoms with Crippen molar-refractivity contribution in [1.29, 1.82) is 0 Å². The number of amides is 2. The molecule has 2 N–H and O–H groups in total. The summed E-state index contributed by atoms with van der Waals surface area (Å²) in [5.41, 5.74) is 3.48. The molecule has 9 nitrogen and oxygen atoms in total. The molecular formula is C24H27ClIN3O6. The fourth-order valence-electron chi connectivity index (χ4n) is 2.89. The van der Waals surface area contributed by atoms with Gasteiger partial charge in [0, 0.05) is 10.6 Å². The minimum absolute atomic E-state index is 0.182. The highest BCUT2D eigenvalue weighted by Gasteiger charge is 2.24. The molecule has 0 heterocycles. The van der Waals surface area contributed by atoms with Crippen molar-refractivity contribution in [3.8, 4) is 11.5 Å². The number of carbonyl (C=O) groups is 3. The van der Waals surface area contributed by atoms with Crippen LogP contribution in [0.2, 0.25) is 5.02 Å². The Morgan fingerprint density at radius 3 is 2.46 bits per heavy atom. The van der Waals surface area contributed by atoms with Crippen LogP contribution in [0.4, 0.5) is 0 Å². The third-order valence-corrected chi connectivity index (χ3v) is 5.68. The van der Waals surface area contributed by atoms with Crippen LogP contribution in [0.25, 0.3) is 0 Å². The van der Waals surface area contributed by atoms with Crippen molar-refractivity contribution >= 4 is 58.2 Å². The molecule has 2 rings (SSSR count). The minimum atomic E-state index is -0.802. The highest BCUT2D eigenvalue weighted by Crippen LogP contribution is 2.33. The number of rotatable bonds is 11. The van der Waals surface area contributed by atoms with Gasteiger partial charge in [0.15, 0.2) is 18.1 Å². The quantitative estimate of drug-likeness (QED) is 0.172. The van der Waals surface area contributed by atoms with Gasteiger partial charge in [0.2, 0.25) is 0 Å². The van der Waals surface area contributed by atoms with Crippen LogP contribution in [0.1, 0.15) is 36.7 Å². The average molecular weight is 616 g/mol. The Bertz CT molecular complexity index is 1080. The lowest BCUT2D eigenvalue weighted by Crippen LogP contribution is -2.48. The van der Waals surface area contributed by atoms with Gasteiger partial charge < -0.3 is 19.5 Å². The number of nitrogens with one attached hydrogen (secondary N) is 2. The van der Waals surface area contributed by atoms with E-state index in [0.29, 0.717) is 31.2 Å². The SMILES string of the molecule is CCOC(=O)COc1c(I)cc(C=NNC(=O)C(NC(=O)c2ccc(Cl)cc2)C(C)C)cc1OC. The largest absolute Gasteiger partial charge is 0.493 e. The van der Waals surface area contributed by atoms with Crippen LogP contribution in [-0.2, 0) is 14.3 Å². The zero-order chi connectivity index (χ0) is 26.0. The molecule has 0 fully saturated rings. The molecule has 0 aliphatic carbocycles. The summed E-state index contributed by atoms with van der Waals surface area (Å²) in [7, 11) is 1.47. The number of ether oxygens (including phenoxy) is 3. The lowest BCUT2D eigenvalue weighted by Gasteiger charge is -2.20. The van der Waals surface area contributed by atoms with E-state index in [1.54, 1.807) is 43.3 Å². The third-order valence-electron chi connectivity index (χ3n) is 4.62. The molecule has 2 aromatic carbocycles. The topological polar surface area (TPSA) is 115 Å². The first-order chi connectivity index (χ1) is 16.7. The molecule has 1 unspecified atom stereocenters. The van der Waals surface area contributed by atoms with Crippen molar-refractivity contribution < 1.29 is 28.6 Å². The second-order valence-corrected chi connectivity index (χ2v) is 9.16. The van der Waals surface area contributed by atoms with Gasteiger partial charge in [-0.25, -0.2) is 10.2 Å². The number of hydrogen-bond donors (Lipinski definition) is 2. The molecule has 11 heteroatoms. The van der Waals surface area contributed by atoms with Gasteiger partial charge in [-0.2, -0.15) is 5.10 Å². The van der Waals surface area contributed by atoms with Gasteiger partial charge >= 0.3 is 5.97 Å². The first-order valence-electron chi connectivity index (χ1n) is 10.7. The molecule has 2 aromatic rings. The maximum atomic E-state index is 12.7. The van der Waals surface area contributed by atoms with Crippen LogP contribution < -0.4 is 20.2 Å². The minimum Gasteiger partial charge on any atom is -0.493 e. The van der Waals surface area contributed by atoms with Gasteiger partial charge in [-0.1, -0.05) is 25.4 Å². The molecule has 2 amide bonds. The van der Waals surface area contributed by atoms with E-state index >= 15 is 0 Å². The smallest absolute Gasteiger partial charge is 0.344 e. The third kappa shape index (κ3) is 8.70. The molecule has 0 aliphatic rings. The van der Waals surface area contributed by atoms with Gasteiger partial charge in [0.1, 0.15) is 6.04 Å². The maximum Gasteiger partial charge on any atom is 0.344 e. The van der Waals surface area contributed by atoms with E-state index in [2.05, 4.69) is 15.8 Å². The van der Waals surface area contributed by atoms with Crippen LogP contribution in [0.3, 0.4) is 0 Å². The first-order valence-corrected chi connectivity index (χ1v) is 12.2. The van der Waals surface area contributed by atoms with Crippen molar-refractivity contribution in [2.75, 3.05) is 20.3 Å². The molecule has 0 bridgehead atoms. The average Bonchev–Trinajstić information content (AvgIpc) is 2.81. The summed E-state index contributed by atoms with van der Waals surface area (Å²) >= 11 is 7.91. The molecule has 35 heavy (non-hydrogen) atoms. The zero-order valence-electron chi connectivity index (χ0n) is 19.8. The van der Waals surface area contributed by atoms with E-state index in [9.17, 15) is 14.4 Å². The summed E-state index contributed by atoms with van der Waals surface area (Å²) in [5.74, 6) is -0.733. The van der Waals surface area contributed by atoms with Gasteiger partial charge in [0.05, 0.1) is 23.5 Å². The van der Waals surface area contributed by atoms with Crippen LogP contribution in [-0.4, -0.2) is 50.4 Å². The Hall–Kier alpha value is -2.86. The molecular weight excluding hydrogens is 589 g/mol. The van der Waals surface area contributed by atoms with Crippen molar-refractivity contribution in [1.82, 2.24) is 10.7 Å².